The molecule has 20 heavy (non-hydrogen) atoms. The quantitative estimate of drug-likeness (QED) is 0.895. The highest BCUT2D eigenvalue weighted by atomic mass is 16.5. The van der Waals surface area contributed by atoms with Crippen LogP contribution in [0.5, 0.6) is 11.5 Å². The van der Waals surface area contributed by atoms with E-state index in [-0.39, 0.29) is 23.8 Å². The fourth-order valence-corrected chi connectivity index (χ4v) is 3.19. The SMILES string of the molecule is COc1cccc(C(=O)N2CCOC3CCCC32)c1O. The Balaban J connectivity index is 1.88. The molecule has 0 spiro atoms. The highest BCUT2D eigenvalue weighted by Crippen LogP contribution is 2.34. The molecule has 5 nitrogen and oxygen atoms in total. The fraction of sp³-hybridized carbons (Fsp3) is 0.533. The molecule has 2 unspecified atom stereocenters. The Hall–Kier alpha value is -1.75. The third kappa shape index (κ3) is 2.12. The molecule has 1 amide bonds. The summed E-state index contributed by atoms with van der Waals surface area (Å²) in [6.45, 7) is 1.15. The number of ether oxygens (including phenoxy) is 2. The van der Waals surface area contributed by atoms with Gasteiger partial charge in [-0.1, -0.05) is 6.07 Å². The second kappa shape index (κ2) is 5.32. The van der Waals surface area contributed by atoms with Crippen molar-refractivity contribution in [2.75, 3.05) is 20.3 Å². The van der Waals surface area contributed by atoms with Gasteiger partial charge in [0.2, 0.25) is 0 Å². The summed E-state index contributed by atoms with van der Waals surface area (Å²) in [6, 6.07) is 5.14. The number of carbonyl (C=O) groups is 1. The fourth-order valence-electron chi connectivity index (χ4n) is 3.19. The second-order valence-electron chi connectivity index (χ2n) is 5.26. The van der Waals surface area contributed by atoms with Crippen LogP contribution in [0.2, 0.25) is 0 Å². The summed E-state index contributed by atoms with van der Waals surface area (Å²) in [5.41, 5.74) is 0.303. The number of para-hydroxylation sites is 1. The zero-order valence-electron chi connectivity index (χ0n) is 11.5. The Kier molecular flexibility index (Phi) is 3.53. The summed E-state index contributed by atoms with van der Waals surface area (Å²) >= 11 is 0. The van der Waals surface area contributed by atoms with Crippen molar-refractivity contribution >= 4 is 5.91 Å². The van der Waals surface area contributed by atoms with Gasteiger partial charge in [-0.25, -0.2) is 0 Å². The number of methoxy groups -OCH3 is 1. The van der Waals surface area contributed by atoms with Gasteiger partial charge in [-0.15, -0.1) is 0 Å². The molecule has 108 valence electrons. The lowest BCUT2D eigenvalue weighted by atomic mass is 10.1. The van der Waals surface area contributed by atoms with E-state index in [1.807, 2.05) is 4.90 Å². The highest BCUT2D eigenvalue weighted by Gasteiger charge is 2.39. The summed E-state index contributed by atoms with van der Waals surface area (Å²) in [5.74, 6) is 0.106. The van der Waals surface area contributed by atoms with Crippen LogP contribution < -0.4 is 4.74 Å². The molecule has 2 aliphatic rings. The van der Waals surface area contributed by atoms with E-state index in [0.717, 1.165) is 19.3 Å². The van der Waals surface area contributed by atoms with E-state index in [1.54, 1.807) is 18.2 Å². The number of benzene rings is 1. The number of morpholine rings is 1. The maximum atomic E-state index is 12.7. The van der Waals surface area contributed by atoms with E-state index >= 15 is 0 Å². The van der Waals surface area contributed by atoms with Crippen LogP contribution >= 0.6 is 0 Å². The predicted octanol–water partition coefficient (Wildman–Crippen LogP) is 1.79. The lowest BCUT2D eigenvalue weighted by molar-refractivity contribution is -0.0446. The molecule has 0 aromatic heterocycles. The first-order valence-corrected chi connectivity index (χ1v) is 7.01. The average Bonchev–Trinajstić information content (AvgIpc) is 2.95. The molecule has 1 aliphatic heterocycles. The molecule has 1 aromatic carbocycles. The molecule has 1 aliphatic carbocycles. The summed E-state index contributed by atoms with van der Waals surface area (Å²) in [5, 5.41) is 10.1. The van der Waals surface area contributed by atoms with Crippen LogP contribution in [-0.4, -0.2) is 48.3 Å². The number of aromatic hydroxyl groups is 1. The number of rotatable bonds is 2. The standard InChI is InChI=1S/C15H19NO4/c1-19-13-7-2-4-10(14(13)17)15(18)16-8-9-20-12-6-3-5-11(12)16/h2,4,7,11-12,17H,3,5-6,8-9H2,1H3. The molecular weight excluding hydrogens is 258 g/mol. The van der Waals surface area contributed by atoms with E-state index in [1.165, 1.54) is 7.11 Å². The van der Waals surface area contributed by atoms with Crippen molar-refractivity contribution in [3.05, 3.63) is 23.8 Å². The molecule has 2 fully saturated rings. The van der Waals surface area contributed by atoms with Gasteiger partial charge in [-0.2, -0.15) is 0 Å². The van der Waals surface area contributed by atoms with Crippen molar-refractivity contribution in [3.8, 4) is 11.5 Å². The summed E-state index contributed by atoms with van der Waals surface area (Å²) in [6.07, 6.45) is 3.23. The highest BCUT2D eigenvalue weighted by molar-refractivity contribution is 5.98. The van der Waals surface area contributed by atoms with Crippen LogP contribution in [0.4, 0.5) is 0 Å². The van der Waals surface area contributed by atoms with Gasteiger partial charge in [-0.3, -0.25) is 4.79 Å². The van der Waals surface area contributed by atoms with Crippen molar-refractivity contribution in [1.29, 1.82) is 0 Å². The number of hydrogen-bond acceptors (Lipinski definition) is 4. The van der Waals surface area contributed by atoms with Crippen molar-refractivity contribution < 1.29 is 19.4 Å². The second-order valence-corrected chi connectivity index (χ2v) is 5.26. The number of amides is 1. The van der Waals surface area contributed by atoms with Gasteiger partial charge in [0, 0.05) is 6.54 Å². The molecular formula is C15H19NO4. The van der Waals surface area contributed by atoms with Gasteiger partial charge < -0.3 is 19.5 Å². The van der Waals surface area contributed by atoms with Gasteiger partial charge in [0.05, 0.1) is 31.4 Å². The van der Waals surface area contributed by atoms with Crippen molar-refractivity contribution in [1.82, 2.24) is 4.90 Å². The van der Waals surface area contributed by atoms with Crippen LogP contribution in [0.1, 0.15) is 29.6 Å². The lowest BCUT2D eigenvalue weighted by Crippen LogP contribution is -2.51. The number of fused-ring (bicyclic) bond motifs is 1. The third-order valence-corrected chi connectivity index (χ3v) is 4.19. The first-order valence-electron chi connectivity index (χ1n) is 7.01. The van der Waals surface area contributed by atoms with Crippen LogP contribution in [0, 0.1) is 0 Å². The average molecular weight is 277 g/mol. The van der Waals surface area contributed by atoms with E-state index in [4.69, 9.17) is 9.47 Å². The van der Waals surface area contributed by atoms with Gasteiger partial charge in [0.15, 0.2) is 11.5 Å². The summed E-state index contributed by atoms with van der Waals surface area (Å²) < 4.78 is 10.8. The molecule has 1 heterocycles. The number of carbonyl (C=O) groups excluding carboxylic acids is 1. The lowest BCUT2D eigenvalue weighted by Gasteiger charge is -2.37. The van der Waals surface area contributed by atoms with Gasteiger partial charge in [0.25, 0.3) is 5.91 Å². The largest absolute Gasteiger partial charge is 0.504 e. The number of phenolic OH excluding ortho intramolecular Hbond substituents is 1. The van der Waals surface area contributed by atoms with Gasteiger partial charge >= 0.3 is 0 Å². The van der Waals surface area contributed by atoms with Gasteiger partial charge in [-0.05, 0) is 31.4 Å². The van der Waals surface area contributed by atoms with E-state index < -0.39 is 0 Å². The Bertz CT molecular complexity index is 517. The minimum absolute atomic E-state index is 0.0824. The minimum atomic E-state index is -0.137. The smallest absolute Gasteiger partial charge is 0.258 e. The molecule has 1 saturated carbocycles. The monoisotopic (exact) mass is 277 g/mol. The topological polar surface area (TPSA) is 59.0 Å². The Morgan fingerprint density at radius 2 is 2.30 bits per heavy atom. The number of nitrogens with zero attached hydrogens (tertiary/aromatic N) is 1. The predicted molar refractivity (Wildman–Crippen MR) is 73.1 cm³/mol. The molecule has 1 saturated heterocycles. The Morgan fingerprint density at radius 1 is 1.45 bits per heavy atom. The molecule has 3 rings (SSSR count). The molecule has 0 radical (unpaired) electrons. The molecule has 1 aromatic rings. The van der Waals surface area contributed by atoms with Gasteiger partial charge in [0.1, 0.15) is 0 Å². The van der Waals surface area contributed by atoms with E-state index in [0.29, 0.717) is 24.5 Å². The zero-order chi connectivity index (χ0) is 14.1. The van der Waals surface area contributed by atoms with E-state index in [9.17, 15) is 9.90 Å². The van der Waals surface area contributed by atoms with Crippen LogP contribution in [-0.2, 0) is 4.74 Å². The maximum Gasteiger partial charge on any atom is 0.258 e. The summed E-state index contributed by atoms with van der Waals surface area (Å²) in [4.78, 5) is 14.5. The van der Waals surface area contributed by atoms with Crippen LogP contribution in [0.25, 0.3) is 0 Å². The normalized spacial score (nSPS) is 25.4. The third-order valence-electron chi connectivity index (χ3n) is 4.19. The van der Waals surface area contributed by atoms with Crippen molar-refractivity contribution in [2.45, 2.75) is 31.4 Å². The minimum Gasteiger partial charge on any atom is -0.504 e. The maximum absolute atomic E-state index is 12.7. The van der Waals surface area contributed by atoms with E-state index in [2.05, 4.69) is 0 Å². The molecule has 0 bridgehead atoms. The van der Waals surface area contributed by atoms with Crippen molar-refractivity contribution in [3.63, 3.8) is 0 Å². The molecule has 5 heteroatoms. The van der Waals surface area contributed by atoms with Crippen molar-refractivity contribution in [2.24, 2.45) is 0 Å². The Labute approximate surface area is 118 Å². The first kappa shape index (κ1) is 13.2. The number of hydrogen-bond donors (Lipinski definition) is 1. The molecule has 1 N–H and O–H groups in total. The zero-order valence-corrected chi connectivity index (χ0v) is 11.5. The summed E-state index contributed by atoms with van der Waals surface area (Å²) in [7, 11) is 1.48. The number of phenols is 1. The molecule has 2 atom stereocenters. The Morgan fingerprint density at radius 3 is 3.10 bits per heavy atom. The van der Waals surface area contributed by atoms with Crippen LogP contribution in [0.15, 0.2) is 18.2 Å². The van der Waals surface area contributed by atoms with Crippen LogP contribution in [0.3, 0.4) is 0 Å². The first-order chi connectivity index (χ1) is 9.72.